The summed E-state index contributed by atoms with van der Waals surface area (Å²) in [5.41, 5.74) is 2.18. The number of benzene rings is 1. The number of halogens is 1. The molecule has 0 amide bonds. The summed E-state index contributed by atoms with van der Waals surface area (Å²) in [6, 6.07) is 7.76. The van der Waals surface area contributed by atoms with Crippen molar-refractivity contribution in [3.63, 3.8) is 0 Å². The second-order valence-corrected chi connectivity index (χ2v) is 4.43. The number of methoxy groups -OCH3 is 1. The predicted molar refractivity (Wildman–Crippen MR) is 77.7 cm³/mol. The molecule has 1 aromatic heterocycles. The maximum atomic E-state index is 11.1. The Kier molecular flexibility index (Phi) is 5.03. The minimum Gasteiger partial charge on any atom is -0.384 e. The Bertz CT molecular complexity index is 605. The zero-order valence-electron chi connectivity index (χ0n) is 11.0. The van der Waals surface area contributed by atoms with Crippen molar-refractivity contribution in [2.45, 2.75) is 6.42 Å². The molecule has 0 fully saturated rings. The third-order valence-corrected chi connectivity index (χ3v) is 3.10. The number of hydrogen-bond donors (Lipinski definition) is 1. The van der Waals surface area contributed by atoms with Crippen LogP contribution in [0.2, 0.25) is 5.15 Å². The van der Waals surface area contributed by atoms with Gasteiger partial charge in [0, 0.05) is 12.8 Å². The van der Waals surface area contributed by atoms with Gasteiger partial charge in [-0.15, -0.1) is 0 Å². The topological polar surface area (TPSA) is 64.1 Å². The Morgan fingerprint density at radius 1 is 1.35 bits per heavy atom. The molecule has 0 unspecified atom stereocenters. The van der Waals surface area contributed by atoms with Crippen LogP contribution in [-0.4, -0.2) is 30.0 Å². The molecule has 0 saturated heterocycles. The first-order valence-corrected chi connectivity index (χ1v) is 6.43. The number of hydrogen-bond acceptors (Lipinski definition) is 5. The van der Waals surface area contributed by atoms with Gasteiger partial charge in [0.15, 0.2) is 6.29 Å². The van der Waals surface area contributed by atoms with Gasteiger partial charge >= 0.3 is 0 Å². The minimum absolute atomic E-state index is 0.131. The summed E-state index contributed by atoms with van der Waals surface area (Å²) in [6.45, 7) is 0.615. The highest BCUT2D eigenvalue weighted by Crippen LogP contribution is 2.24. The maximum Gasteiger partial charge on any atom is 0.156 e. The van der Waals surface area contributed by atoms with Gasteiger partial charge in [-0.2, -0.15) is 0 Å². The Morgan fingerprint density at radius 2 is 2.15 bits per heavy atom. The lowest BCUT2D eigenvalue weighted by atomic mass is 10.1. The lowest BCUT2D eigenvalue weighted by molar-refractivity contribution is 0.112. The number of rotatable bonds is 6. The highest BCUT2D eigenvalue weighted by molar-refractivity contribution is 6.32. The molecule has 0 bridgehead atoms. The molecule has 1 heterocycles. The number of ether oxygens (including phenoxy) is 1. The van der Waals surface area contributed by atoms with E-state index in [1.165, 1.54) is 6.33 Å². The first-order chi connectivity index (χ1) is 9.76. The fourth-order valence-electron chi connectivity index (χ4n) is 1.78. The monoisotopic (exact) mass is 291 g/mol. The number of anilines is 2. The smallest absolute Gasteiger partial charge is 0.156 e. The van der Waals surface area contributed by atoms with Gasteiger partial charge < -0.3 is 10.1 Å². The van der Waals surface area contributed by atoms with Gasteiger partial charge in [-0.25, -0.2) is 9.97 Å². The molecule has 2 rings (SSSR count). The molecule has 20 heavy (non-hydrogen) atoms. The molecule has 6 heteroatoms. The average molecular weight is 292 g/mol. The van der Waals surface area contributed by atoms with Crippen LogP contribution in [-0.2, 0) is 11.2 Å². The molecule has 0 saturated carbocycles. The molecule has 0 aliphatic heterocycles. The molecule has 1 aromatic carbocycles. The average Bonchev–Trinajstić information content (AvgIpc) is 2.47. The summed E-state index contributed by atoms with van der Waals surface area (Å²) in [6.07, 6.45) is 2.72. The molecule has 5 nitrogen and oxygen atoms in total. The first kappa shape index (κ1) is 14.4. The van der Waals surface area contributed by atoms with Gasteiger partial charge in [0.05, 0.1) is 12.2 Å². The van der Waals surface area contributed by atoms with E-state index in [0.717, 1.165) is 17.7 Å². The molecular weight excluding hydrogens is 278 g/mol. The van der Waals surface area contributed by atoms with E-state index in [2.05, 4.69) is 15.3 Å². The summed E-state index contributed by atoms with van der Waals surface area (Å²) in [5, 5.41) is 3.25. The van der Waals surface area contributed by atoms with Crippen molar-refractivity contribution in [1.82, 2.24) is 9.97 Å². The van der Waals surface area contributed by atoms with E-state index in [4.69, 9.17) is 16.3 Å². The van der Waals surface area contributed by atoms with Crippen LogP contribution in [0.25, 0.3) is 0 Å². The molecule has 0 aliphatic carbocycles. The van der Waals surface area contributed by atoms with Crippen LogP contribution in [0.15, 0.2) is 30.6 Å². The number of para-hydroxylation sites is 1. The van der Waals surface area contributed by atoms with Crippen molar-refractivity contribution in [3.8, 4) is 0 Å². The Balaban J connectivity index is 2.30. The van der Waals surface area contributed by atoms with Crippen LogP contribution >= 0.6 is 11.6 Å². The fourth-order valence-corrected chi connectivity index (χ4v) is 1.96. The van der Waals surface area contributed by atoms with Crippen LogP contribution in [0.1, 0.15) is 15.9 Å². The minimum atomic E-state index is 0.131. The van der Waals surface area contributed by atoms with Crippen LogP contribution in [0.5, 0.6) is 0 Å². The lowest BCUT2D eigenvalue weighted by Gasteiger charge is -2.12. The van der Waals surface area contributed by atoms with Gasteiger partial charge in [-0.05, 0) is 18.1 Å². The predicted octanol–water partition coefficient (Wildman–Crippen LogP) is 2.88. The molecule has 0 spiro atoms. The van der Waals surface area contributed by atoms with Crippen molar-refractivity contribution in [2.75, 3.05) is 19.0 Å². The number of aldehydes is 1. The third-order valence-electron chi connectivity index (χ3n) is 2.80. The second kappa shape index (κ2) is 6.98. The summed E-state index contributed by atoms with van der Waals surface area (Å²) in [7, 11) is 1.66. The van der Waals surface area contributed by atoms with E-state index in [-0.39, 0.29) is 10.7 Å². The van der Waals surface area contributed by atoms with E-state index in [9.17, 15) is 4.79 Å². The first-order valence-electron chi connectivity index (χ1n) is 6.05. The van der Waals surface area contributed by atoms with Crippen LogP contribution in [0, 0.1) is 0 Å². The molecule has 0 atom stereocenters. The van der Waals surface area contributed by atoms with Crippen LogP contribution in [0.3, 0.4) is 0 Å². The quantitative estimate of drug-likeness (QED) is 0.655. The number of nitrogens with zero attached hydrogens (tertiary/aromatic N) is 2. The number of carbonyl (C=O) groups is 1. The van der Waals surface area contributed by atoms with E-state index in [1.54, 1.807) is 7.11 Å². The summed E-state index contributed by atoms with van der Waals surface area (Å²) in [5.74, 6) is 0.393. The molecule has 104 valence electrons. The van der Waals surface area contributed by atoms with E-state index >= 15 is 0 Å². The number of aromatic nitrogens is 2. The van der Waals surface area contributed by atoms with Gasteiger partial charge in [0.1, 0.15) is 17.3 Å². The number of carbonyl (C=O) groups excluding carboxylic acids is 1. The standard InChI is InChI=1S/C14H14ClN3O2/c1-20-7-6-10-4-2-3-5-12(10)18-14-11(8-19)13(15)16-9-17-14/h2-5,8-9H,6-7H2,1H3,(H,16,17,18). The molecule has 0 radical (unpaired) electrons. The normalized spacial score (nSPS) is 10.3. The van der Waals surface area contributed by atoms with Gasteiger partial charge in [-0.3, -0.25) is 4.79 Å². The van der Waals surface area contributed by atoms with Crippen molar-refractivity contribution in [1.29, 1.82) is 0 Å². The van der Waals surface area contributed by atoms with Gasteiger partial charge in [0.25, 0.3) is 0 Å². The molecule has 2 aromatic rings. The molecule has 0 aliphatic rings. The SMILES string of the molecule is COCCc1ccccc1Nc1ncnc(Cl)c1C=O. The lowest BCUT2D eigenvalue weighted by Crippen LogP contribution is -2.04. The highest BCUT2D eigenvalue weighted by atomic mass is 35.5. The van der Waals surface area contributed by atoms with Crippen molar-refractivity contribution < 1.29 is 9.53 Å². The Morgan fingerprint density at radius 3 is 2.90 bits per heavy atom. The van der Waals surface area contributed by atoms with Crippen LogP contribution < -0.4 is 5.32 Å². The Hall–Kier alpha value is -1.98. The van der Waals surface area contributed by atoms with Gasteiger partial charge in [0.2, 0.25) is 0 Å². The second-order valence-electron chi connectivity index (χ2n) is 4.07. The van der Waals surface area contributed by atoms with E-state index in [1.807, 2.05) is 24.3 Å². The van der Waals surface area contributed by atoms with Gasteiger partial charge in [-0.1, -0.05) is 29.8 Å². The molecule has 1 N–H and O–H groups in total. The third kappa shape index (κ3) is 3.31. The van der Waals surface area contributed by atoms with Crippen molar-refractivity contribution in [2.24, 2.45) is 0 Å². The summed E-state index contributed by atoms with van der Waals surface area (Å²) >= 11 is 5.88. The summed E-state index contributed by atoms with van der Waals surface area (Å²) in [4.78, 5) is 18.9. The van der Waals surface area contributed by atoms with E-state index in [0.29, 0.717) is 18.7 Å². The zero-order chi connectivity index (χ0) is 14.4. The maximum absolute atomic E-state index is 11.1. The van der Waals surface area contributed by atoms with Crippen LogP contribution in [0.4, 0.5) is 11.5 Å². The molecular formula is C14H14ClN3O2. The largest absolute Gasteiger partial charge is 0.384 e. The van der Waals surface area contributed by atoms with E-state index < -0.39 is 0 Å². The Labute approximate surface area is 122 Å². The van der Waals surface area contributed by atoms with Crippen molar-refractivity contribution >= 4 is 29.4 Å². The highest BCUT2D eigenvalue weighted by Gasteiger charge is 2.10. The number of nitrogens with one attached hydrogen (secondary N) is 1. The van der Waals surface area contributed by atoms with Crippen molar-refractivity contribution in [3.05, 3.63) is 46.9 Å². The zero-order valence-corrected chi connectivity index (χ0v) is 11.7. The summed E-state index contributed by atoms with van der Waals surface area (Å²) < 4.78 is 5.08. The fraction of sp³-hybridized carbons (Fsp3) is 0.214.